The van der Waals surface area contributed by atoms with E-state index in [-0.39, 0.29) is 11.7 Å². The highest BCUT2D eigenvalue weighted by molar-refractivity contribution is 6.10. The first kappa shape index (κ1) is 22.9. The summed E-state index contributed by atoms with van der Waals surface area (Å²) < 4.78 is 0. The Balaban J connectivity index is 1.48. The lowest BCUT2D eigenvalue weighted by Gasteiger charge is -2.30. The van der Waals surface area contributed by atoms with Crippen molar-refractivity contribution in [2.24, 2.45) is 16.5 Å². The van der Waals surface area contributed by atoms with Gasteiger partial charge in [0, 0.05) is 16.7 Å². The molecule has 1 spiro atoms. The molecule has 39 heavy (non-hydrogen) atoms. The second-order valence-corrected chi connectivity index (χ2v) is 9.99. The van der Waals surface area contributed by atoms with Crippen molar-refractivity contribution in [2.75, 3.05) is 0 Å². The maximum Gasteiger partial charge on any atom is 0.154 e. The van der Waals surface area contributed by atoms with E-state index in [1.807, 2.05) is 54.6 Å². The van der Waals surface area contributed by atoms with Crippen molar-refractivity contribution >= 4 is 17.5 Å². The number of nitrogens with two attached hydrogens (primary N) is 2. The fourth-order valence-electron chi connectivity index (χ4n) is 6.32. The van der Waals surface area contributed by atoms with Gasteiger partial charge in [-0.1, -0.05) is 103 Å². The van der Waals surface area contributed by atoms with E-state index >= 15 is 0 Å². The maximum absolute atomic E-state index is 8.78. The molecule has 0 saturated carbocycles. The van der Waals surface area contributed by atoms with Crippen molar-refractivity contribution in [3.05, 3.63) is 154 Å². The fraction of sp³-hybridized carbons (Fsp3) is 0.0294. The van der Waals surface area contributed by atoms with Crippen LogP contribution in [0.1, 0.15) is 38.9 Å². The van der Waals surface area contributed by atoms with Gasteiger partial charge < -0.3 is 11.5 Å². The minimum absolute atomic E-state index is 0.0247. The Hall–Kier alpha value is -5.29. The summed E-state index contributed by atoms with van der Waals surface area (Å²) in [5.74, 6) is 0.420. The van der Waals surface area contributed by atoms with Crippen LogP contribution in [-0.4, -0.2) is 17.5 Å². The van der Waals surface area contributed by atoms with Gasteiger partial charge in [0.1, 0.15) is 11.7 Å². The number of nitrogens with one attached hydrogen (secondary N) is 2. The molecular formula is C34H25N5. The van der Waals surface area contributed by atoms with Crippen LogP contribution in [0, 0.1) is 10.8 Å². The van der Waals surface area contributed by atoms with Crippen molar-refractivity contribution in [1.29, 1.82) is 10.8 Å². The summed E-state index contributed by atoms with van der Waals surface area (Å²) in [4.78, 5) is 4.43. The highest BCUT2D eigenvalue weighted by atomic mass is 14.9. The third-order valence-electron chi connectivity index (χ3n) is 7.98. The summed E-state index contributed by atoms with van der Waals surface area (Å²) in [6.45, 7) is 0. The van der Waals surface area contributed by atoms with Gasteiger partial charge in [-0.2, -0.15) is 0 Å². The molecule has 0 atom stereocenters. The number of aliphatic imine (C=N–C) groups is 1. The van der Waals surface area contributed by atoms with Gasteiger partial charge in [0.2, 0.25) is 0 Å². The molecule has 0 bridgehead atoms. The van der Waals surface area contributed by atoms with Crippen LogP contribution in [0.25, 0.3) is 22.3 Å². The first-order chi connectivity index (χ1) is 19.0. The molecule has 186 valence electrons. The smallest absolute Gasteiger partial charge is 0.154 e. The van der Waals surface area contributed by atoms with Gasteiger partial charge in [0.15, 0.2) is 5.84 Å². The van der Waals surface area contributed by atoms with Gasteiger partial charge in [-0.15, -0.1) is 0 Å². The quantitative estimate of drug-likeness (QED) is 0.174. The van der Waals surface area contributed by atoms with Crippen LogP contribution in [0.3, 0.4) is 0 Å². The predicted octanol–water partition coefficient (Wildman–Crippen LogP) is 6.05. The highest BCUT2D eigenvalue weighted by Gasteiger charge is 2.51. The van der Waals surface area contributed by atoms with Crippen molar-refractivity contribution in [1.82, 2.24) is 0 Å². The first-order valence-electron chi connectivity index (χ1n) is 12.8. The third-order valence-corrected chi connectivity index (χ3v) is 7.98. The number of hydrogen-bond acceptors (Lipinski definition) is 2. The molecule has 0 saturated heterocycles. The summed E-state index contributed by atoms with van der Waals surface area (Å²) in [5.41, 5.74) is 23.0. The van der Waals surface area contributed by atoms with Crippen molar-refractivity contribution in [3.8, 4) is 22.3 Å². The Morgan fingerprint density at radius 3 is 1.59 bits per heavy atom. The van der Waals surface area contributed by atoms with Crippen molar-refractivity contribution in [3.63, 3.8) is 0 Å². The fourth-order valence-corrected chi connectivity index (χ4v) is 6.32. The van der Waals surface area contributed by atoms with E-state index in [1.165, 1.54) is 22.3 Å². The van der Waals surface area contributed by atoms with E-state index in [4.69, 9.17) is 22.3 Å². The molecule has 0 aromatic heterocycles. The van der Waals surface area contributed by atoms with Gasteiger partial charge >= 0.3 is 0 Å². The molecule has 5 aromatic rings. The number of benzene rings is 5. The molecule has 2 aliphatic rings. The molecule has 5 aromatic carbocycles. The lowest BCUT2D eigenvalue weighted by Crippen LogP contribution is -2.26. The van der Waals surface area contributed by atoms with E-state index in [1.54, 1.807) is 0 Å². The van der Waals surface area contributed by atoms with E-state index < -0.39 is 5.41 Å². The molecule has 5 nitrogen and oxygen atoms in total. The molecule has 0 amide bonds. The average molecular weight is 504 g/mol. The normalized spacial score (nSPS) is 13.9. The summed E-state index contributed by atoms with van der Waals surface area (Å²) >= 11 is 0. The van der Waals surface area contributed by atoms with E-state index in [9.17, 15) is 0 Å². The Morgan fingerprint density at radius 1 is 0.513 bits per heavy atom. The Kier molecular flexibility index (Phi) is 4.91. The lowest BCUT2D eigenvalue weighted by molar-refractivity contribution is 0.793. The first-order valence-corrected chi connectivity index (χ1v) is 12.8. The van der Waals surface area contributed by atoms with Gasteiger partial charge in [-0.3, -0.25) is 10.8 Å². The molecule has 5 heteroatoms. The zero-order valence-corrected chi connectivity index (χ0v) is 21.1. The maximum atomic E-state index is 8.78. The van der Waals surface area contributed by atoms with Crippen molar-refractivity contribution < 1.29 is 0 Å². The van der Waals surface area contributed by atoms with E-state index in [0.29, 0.717) is 17.0 Å². The molecule has 7 rings (SSSR count). The predicted molar refractivity (Wildman–Crippen MR) is 158 cm³/mol. The minimum atomic E-state index is -0.500. The lowest BCUT2D eigenvalue weighted by atomic mass is 9.70. The SMILES string of the molecule is N=C(N)c1ccc2c(c1)-c1cc(C(=N)N=C(N)c3ccccc3)ccc1C21c2ccccc2-c2ccccc21. The molecule has 0 fully saturated rings. The number of nitrogen functional groups attached to an aromatic ring is 1. The number of nitrogens with zero attached hydrogens (tertiary/aromatic N) is 1. The molecule has 6 N–H and O–H groups in total. The van der Waals surface area contributed by atoms with Crippen LogP contribution < -0.4 is 11.5 Å². The van der Waals surface area contributed by atoms with Crippen LogP contribution in [0.5, 0.6) is 0 Å². The van der Waals surface area contributed by atoms with Gasteiger partial charge in [0.25, 0.3) is 0 Å². The van der Waals surface area contributed by atoms with Crippen LogP contribution >= 0.6 is 0 Å². The monoisotopic (exact) mass is 503 g/mol. The van der Waals surface area contributed by atoms with Crippen LogP contribution in [0.2, 0.25) is 0 Å². The third kappa shape index (κ3) is 3.17. The van der Waals surface area contributed by atoms with Gasteiger partial charge in [-0.05, 0) is 56.6 Å². The van der Waals surface area contributed by atoms with Crippen LogP contribution in [0.15, 0.2) is 120 Å². The zero-order valence-electron chi connectivity index (χ0n) is 21.1. The number of hydrogen-bond donors (Lipinski definition) is 4. The highest BCUT2D eigenvalue weighted by Crippen LogP contribution is 2.62. The second-order valence-electron chi connectivity index (χ2n) is 9.99. The van der Waals surface area contributed by atoms with Crippen molar-refractivity contribution in [2.45, 2.75) is 5.41 Å². The second kappa shape index (κ2) is 8.36. The minimum Gasteiger partial charge on any atom is -0.384 e. The summed E-state index contributed by atoms with van der Waals surface area (Å²) in [5, 5.41) is 16.9. The Morgan fingerprint density at radius 2 is 1.00 bits per heavy atom. The largest absolute Gasteiger partial charge is 0.384 e. The molecule has 0 heterocycles. The molecule has 0 radical (unpaired) electrons. The topological polar surface area (TPSA) is 112 Å². The van der Waals surface area contributed by atoms with Gasteiger partial charge in [-0.25, -0.2) is 4.99 Å². The summed E-state index contributed by atoms with van der Waals surface area (Å²) in [7, 11) is 0. The molecule has 2 aliphatic carbocycles. The Bertz CT molecular complexity index is 1820. The van der Waals surface area contributed by atoms with E-state index in [0.717, 1.165) is 27.8 Å². The Labute approximate surface area is 226 Å². The summed E-state index contributed by atoms with van der Waals surface area (Å²) in [6.07, 6.45) is 0. The number of rotatable bonds is 3. The van der Waals surface area contributed by atoms with Gasteiger partial charge in [0.05, 0.1) is 5.41 Å². The van der Waals surface area contributed by atoms with Crippen LogP contribution in [0.4, 0.5) is 0 Å². The van der Waals surface area contributed by atoms with Crippen LogP contribution in [-0.2, 0) is 5.41 Å². The number of amidine groups is 3. The molecule has 0 unspecified atom stereocenters. The van der Waals surface area contributed by atoms with E-state index in [2.05, 4.69) is 65.7 Å². The number of fused-ring (bicyclic) bond motifs is 10. The summed E-state index contributed by atoms with van der Waals surface area (Å²) in [6, 6.07) is 38.8. The molecule has 0 aliphatic heterocycles. The average Bonchev–Trinajstić information content (AvgIpc) is 3.44. The molecular weight excluding hydrogens is 478 g/mol. The zero-order chi connectivity index (χ0) is 26.7. The standard InChI is InChI=1S/C34H25N5/c35-31(36)21-14-16-29-25(18-21)26-19-22(33(38)39-32(37)20-8-2-1-3-9-20)15-17-30(26)34(29)27-12-6-4-10-23(27)24-11-5-7-13-28(24)34/h1-19H,(H3,35,36)(H3,37,38,39).